The lowest BCUT2D eigenvalue weighted by Crippen LogP contribution is -2.47. The van der Waals surface area contributed by atoms with Crippen LogP contribution in [0.25, 0.3) is 0 Å². The quantitative estimate of drug-likeness (QED) is 0.697. The molecular formula is C10H22N2O. The molecule has 0 aromatic heterocycles. The van der Waals surface area contributed by atoms with Crippen molar-refractivity contribution in [3.63, 3.8) is 0 Å². The van der Waals surface area contributed by atoms with Crippen molar-refractivity contribution in [1.29, 1.82) is 0 Å². The molecule has 0 heterocycles. The highest BCUT2D eigenvalue weighted by molar-refractivity contribution is 5.82. The van der Waals surface area contributed by atoms with Gasteiger partial charge in [-0.3, -0.25) is 4.79 Å². The average Bonchev–Trinajstić information content (AvgIpc) is 1.82. The molecule has 0 atom stereocenters. The van der Waals surface area contributed by atoms with Crippen molar-refractivity contribution in [2.75, 3.05) is 6.54 Å². The van der Waals surface area contributed by atoms with E-state index in [-0.39, 0.29) is 16.9 Å². The normalized spacial score (nSPS) is 12.8. The summed E-state index contributed by atoms with van der Waals surface area (Å²) < 4.78 is 0. The first-order valence-corrected chi connectivity index (χ1v) is 4.72. The first kappa shape index (κ1) is 12.4. The number of hydrogen-bond donors (Lipinski definition) is 2. The van der Waals surface area contributed by atoms with E-state index >= 15 is 0 Å². The molecule has 0 saturated carbocycles. The van der Waals surface area contributed by atoms with Crippen LogP contribution in [0.3, 0.4) is 0 Å². The molecular weight excluding hydrogens is 164 g/mol. The fourth-order valence-electron chi connectivity index (χ4n) is 0.984. The van der Waals surface area contributed by atoms with E-state index in [1.165, 1.54) is 0 Å². The molecule has 0 radical (unpaired) electrons. The summed E-state index contributed by atoms with van der Waals surface area (Å²) in [5.74, 6) is 0.0745. The van der Waals surface area contributed by atoms with Gasteiger partial charge in [-0.15, -0.1) is 0 Å². The maximum absolute atomic E-state index is 11.7. The molecule has 0 rings (SSSR count). The summed E-state index contributed by atoms with van der Waals surface area (Å²) in [5.41, 5.74) is 4.91. The summed E-state index contributed by atoms with van der Waals surface area (Å²) in [7, 11) is 0. The molecule has 0 aliphatic carbocycles. The SMILES string of the molecule is CC(C)(C)NC(=O)C(C)(C)CCN. The number of nitrogens with one attached hydrogen (secondary N) is 1. The van der Waals surface area contributed by atoms with E-state index in [9.17, 15) is 4.79 Å². The lowest BCUT2D eigenvalue weighted by molar-refractivity contribution is -0.131. The van der Waals surface area contributed by atoms with Crippen LogP contribution in [0.15, 0.2) is 0 Å². The van der Waals surface area contributed by atoms with Crippen LogP contribution in [-0.4, -0.2) is 18.0 Å². The predicted octanol–water partition coefficient (Wildman–Crippen LogP) is 1.28. The van der Waals surface area contributed by atoms with Crippen LogP contribution in [-0.2, 0) is 4.79 Å². The van der Waals surface area contributed by atoms with E-state index in [4.69, 9.17) is 5.73 Å². The van der Waals surface area contributed by atoms with Crippen molar-refractivity contribution in [3.8, 4) is 0 Å². The smallest absolute Gasteiger partial charge is 0.226 e. The fraction of sp³-hybridized carbons (Fsp3) is 0.900. The van der Waals surface area contributed by atoms with Gasteiger partial charge in [-0.1, -0.05) is 13.8 Å². The third-order valence-corrected chi connectivity index (χ3v) is 1.87. The number of amides is 1. The molecule has 0 unspecified atom stereocenters. The Kier molecular flexibility index (Phi) is 3.91. The zero-order chi connectivity index (χ0) is 10.7. The Bertz CT molecular complexity index is 180. The van der Waals surface area contributed by atoms with E-state index in [2.05, 4.69) is 5.32 Å². The van der Waals surface area contributed by atoms with E-state index in [0.717, 1.165) is 6.42 Å². The second kappa shape index (κ2) is 4.09. The highest BCUT2D eigenvalue weighted by Gasteiger charge is 2.29. The van der Waals surface area contributed by atoms with E-state index < -0.39 is 0 Å². The topological polar surface area (TPSA) is 55.1 Å². The van der Waals surface area contributed by atoms with Gasteiger partial charge < -0.3 is 11.1 Å². The molecule has 0 spiro atoms. The van der Waals surface area contributed by atoms with Crippen molar-refractivity contribution in [1.82, 2.24) is 5.32 Å². The summed E-state index contributed by atoms with van der Waals surface area (Å²) in [6.07, 6.45) is 0.717. The monoisotopic (exact) mass is 186 g/mol. The highest BCUT2D eigenvalue weighted by atomic mass is 16.2. The third-order valence-electron chi connectivity index (χ3n) is 1.87. The maximum atomic E-state index is 11.7. The summed E-state index contributed by atoms with van der Waals surface area (Å²) in [5, 5.41) is 2.95. The standard InChI is InChI=1S/C10H22N2O/c1-9(2,3)12-8(13)10(4,5)6-7-11/h6-7,11H2,1-5H3,(H,12,13). The first-order chi connectivity index (χ1) is 5.69. The molecule has 3 N–H and O–H groups in total. The molecule has 3 nitrogen and oxygen atoms in total. The number of nitrogens with two attached hydrogens (primary N) is 1. The molecule has 0 aliphatic heterocycles. The number of carbonyl (C=O) groups excluding carboxylic acids is 1. The van der Waals surface area contributed by atoms with Gasteiger partial charge in [0, 0.05) is 11.0 Å². The molecule has 3 heteroatoms. The largest absolute Gasteiger partial charge is 0.351 e. The van der Waals surface area contributed by atoms with Gasteiger partial charge in [0.1, 0.15) is 0 Å². The minimum absolute atomic E-state index is 0.0745. The molecule has 13 heavy (non-hydrogen) atoms. The Labute approximate surface area is 81.1 Å². The zero-order valence-electron chi connectivity index (χ0n) is 9.40. The number of hydrogen-bond acceptors (Lipinski definition) is 2. The van der Waals surface area contributed by atoms with Crippen LogP contribution in [0.2, 0.25) is 0 Å². The minimum Gasteiger partial charge on any atom is -0.351 e. The Morgan fingerprint density at radius 1 is 1.23 bits per heavy atom. The number of carbonyl (C=O) groups is 1. The molecule has 0 aromatic carbocycles. The number of rotatable bonds is 3. The highest BCUT2D eigenvalue weighted by Crippen LogP contribution is 2.20. The lowest BCUT2D eigenvalue weighted by atomic mass is 9.87. The van der Waals surface area contributed by atoms with Gasteiger partial charge in [0.15, 0.2) is 0 Å². The Morgan fingerprint density at radius 2 is 1.69 bits per heavy atom. The third kappa shape index (κ3) is 4.88. The minimum atomic E-state index is -0.359. The summed E-state index contributed by atoms with van der Waals surface area (Å²) in [6.45, 7) is 10.3. The average molecular weight is 186 g/mol. The second-order valence-corrected chi connectivity index (χ2v) is 5.13. The summed E-state index contributed by atoms with van der Waals surface area (Å²) in [4.78, 5) is 11.7. The summed E-state index contributed by atoms with van der Waals surface area (Å²) >= 11 is 0. The molecule has 0 fully saturated rings. The van der Waals surface area contributed by atoms with E-state index in [1.807, 2.05) is 34.6 Å². The van der Waals surface area contributed by atoms with Gasteiger partial charge in [0.25, 0.3) is 0 Å². The van der Waals surface area contributed by atoms with Gasteiger partial charge in [-0.25, -0.2) is 0 Å². The molecule has 1 amide bonds. The Hall–Kier alpha value is -0.570. The molecule has 78 valence electrons. The van der Waals surface area contributed by atoms with Gasteiger partial charge in [-0.2, -0.15) is 0 Å². The zero-order valence-corrected chi connectivity index (χ0v) is 9.40. The second-order valence-electron chi connectivity index (χ2n) is 5.13. The van der Waals surface area contributed by atoms with Gasteiger partial charge in [-0.05, 0) is 33.7 Å². The Balaban J connectivity index is 4.25. The maximum Gasteiger partial charge on any atom is 0.226 e. The van der Waals surface area contributed by atoms with Crippen LogP contribution < -0.4 is 11.1 Å². The van der Waals surface area contributed by atoms with Crippen LogP contribution in [0.5, 0.6) is 0 Å². The van der Waals surface area contributed by atoms with Crippen LogP contribution in [0, 0.1) is 5.41 Å². The Morgan fingerprint density at radius 3 is 2.00 bits per heavy atom. The van der Waals surface area contributed by atoms with Crippen LogP contribution in [0.4, 0.5) is 0 Å². The van der Waals surface area contributed by atoms with Crippen LogP contribution in [0.1, 0.15) is 41.0 Å². The predicted molar refractivity (Wildman–Crippen MR) is 55.3 cm³/mol. The van der Waals surface area contributed by atoms with E-state index in [0.29, 0.717) is 6.54 Å². The fourth-order valence-corrected chi connectivity index (χ4v) is 0.984. The van der Waals surface area contributed by atoms with Gasteiger partial charge in [0.05, 0.1) is 0 Å². The van der Waals surface area contributed by atoms with Crippen molar-refractivity contribution in [3.05, 3.63) is 0 Å². The molecule has 0 bridgehead atoms. The molecule has 0 aliphatic rings. The van der Waals surface area contributed by atoms with E-state index in [1.54, 1.807) is 0 Å². The van der Waals surface area contributed by atoms with Gasteiger partial charge >= 0.3 is 0 Å². The van der Waals surface area contributed by atoms with Crippen molar-refractivity contribution < 1.29 is 4.79 Å². The van der Waals surface area contributed by atoms with Crippen molar-refractivity contribution >= 4 is 5.91 Å². The summed E-state index contributed by atoms with van der Waals surface area (Å²) in [6, 6.07) is 0. The molecule has 0 saturated heterocycles. The van der Waals surface area contributed by atoms with Crippen molar-refractivity contribution in [2.24, 2.45) is 11.1 Å². The van der Waals surface area contributed by atoms with Crippen LogP contribution >= 0.6 is 0 Å². The lowest BCUT2D eigenvalue weighted by Gasteiger charge is -2.29. The molecule has 0 aromatic rings. The first-order valence-electron chi connectivity index (χ1n) is 4.72. The van der Waals surface area contributed by atoms with Crippen molar-refractivity contribution in [2.45, 2.75) is 46.6 Å². The van der Waals surface area contributed by atoms with Gasteiger partial charge in [0.2, 0.25) is 5.91 Å².